The zero-order chi connectivity index (χ0) is 69.4. The molecule has 4 aliphatic carbocycles. The monoisotopic (exact) mass is 1390 g/mol. The molecule has 11 rings (SSSR count). The number of aliphatic hydroxyl groups excluding tert-OH is 19. The van der Waals surface area contributed by atoms with Crippen LogP contribution in [0.1, 0.15) is 91.9 Å². The Kier molecular flexibility index (Phi) is 24.3. The molecule has 33 nitrogen and oxygen atoms in total. The Morgan fingerprint density at radius 1 is 0.458 bits per heavy atom. The third-order valence-corrected chi connectivity index (χ3v) is 24.2. The van der Waals surface area contributed by atoms with E-state index in [1.807, 2.05) is 6.92 Å². The molecule has 0 radical (unpaired) electrons. The zero-order valence-electron chi connectivity index (χ0n) is 54.7. The van der Waals surface area contributed by atoms with E-state index in [1.165, 1.54) is 0 Å². The molecule has 19 N–H and O–H groups in total. The van der Waals surface area contributed by atoms with Crippen molar-refractivity contribution in [2.24, 2.45) is 52.3 Å². The molecule has 0 amide bonds. The lowest BCUT2D eigenvalue weighted by Crippen LogP contribution is -2.69. The van der Waals surface area contributed by atoms with Gasteiger partial charge in [-0.3, -0.25) is 0 Å². The van der Waals surface area contributed by atoms with Crippen LogP contribution in [-0.4, -0.2) is 347 Å². The van der Waals surface area contributed by atoms with Gasteiger partial charge in [-0.2, -0.15) is 0 Å². The summed E-state index contributed by atoms with van der Waals surface area (Å²) in [7, 11) is 1.70. The molecule has 556 valence electrons. The van der Waals surface area contributed by atoms with E-state index in [0.717, 1.165) is 38.5 Å². The number of fused-ring (bicyclic) bond motifs is 7. The van der Waals surface area contributed by atoms with Crippen LogP contribution in [0.2, 0.25) is 0 Å². The van der Waals surface area contributed by atoms with Crippen LogP contribution < -0.4 is 0 Å². The van der Waals surface area contributed by atoms with Crippen LogP contribution in [0.5, 0.6) is 0 Å². The Balaban J connectivity index is 0.738. The van der Waals surface area contributed by atoms with E-state index in [9.17, 15) is 97.0 Å². The fourth-order valence-electron chi connectivity index (χ4n) is 18.6. The van der Waals surface area contributed by atoms with Crippen LogP contribution >= 0.6 is 0 Å². The van der Waals surface area contributed by atoms with Gasteiger partial charge in [0.2, 0.25) is 0 Å². The number of hydrogen-bond donors (Lipinski definition) is 19. The molecule has 0 bridgehead atoms. The molecule has 0 aromatic carbocycles. The number of methoxy groups -OCH3 is 1. The minimum Gasteiger partial charge on any atom is -0.394 e. The zero-order valence-corrected chi connectivity index (χ0v) is 54.7. The Morgan fingerprint density at radius 2 is 0.969 bits per heavy atom. The molecular weight excluding hydrogens is 1280 g/mol. The topological polar surface area (TPSA) is 514 Å². The molecule has 7 heterocycles. The first-order valence-electron chi connectivity index (χ1n) is 34.2. The van der Waals surface area contributed by atoms with E-state index in [1.54, 1.807) is 7.11 Å². The van der Waals surface area contributed by atoms with E-state index in [0.29, 0.717) is 43.4 Å². The van der Waals surface area contributed by atoms with Gasteiger partial charge in [-0.25, -0.2) is 0 Å². The van der Waals surface area contributed by atoms with Gasteiger partial charge in [-0.05, 0) is 104 Å². The molecule has 0 spiro atoms. The van der Waals surface area contributed by atoms with Crippen molar-refractivity contribution in [3.8, 4) is 0 Å². The molecule has 96 heavy (non-hydrogen) atoms. The smallest absolute Gasteiger partial charge is 0.187 e. The second-order valence-corrected chi connectivity index (χ2v) is 29.6. The first kappa shape index (κ1) is 75.8. The molecule has 11 fully saturated rings. The predicted molar refractivity (Wildman–Crippen MR) is 316 cm³/mol. The van der Waals surface area contributed by atoms with Crippen LogP contribution in [0.3, 0.4) is 0 Å². The molecule has 33 heteroatoms. The number of aliphatic hydroxyl groups is 19. The van der Waals surface area contributed by atoms with E-state index in [4.69, 9.17) is 66.3 Å². The molecular formula is C63H106O33. The van der Waals surface area contributed by atoms with Gasteiger partial charge in [-0.1, -0.05) is 27.7 Å². The maximum atomic E-state index is 12.1. The quantitative estimate of drug-likeness (QED) is 0.0448. The van der Waals surface area contributed by atoms with Crippen molar-refractivity contribution in [1.82, 2.24) is 0 Å². The highest BCUT2D eigenvalue weighted by Gasteiger charge is 2.69. The van der Waals surface area contributed by atoms with Crippen molar-refractivity contribution < 1.29 is 163 Å². The summed E-state index contributed by atoms with van der Waals surface area (Å²) in [5.74, 6) is 0.991. The first-order chi connectivity index (χ1) is 45.6. The van der Waals surface area contributed by atoms with Gasteiger partial charge in [0.1, 0.15) is 140 Å². The third-order valence-electron chi connectivity index (χ3n) is 24.2. The second kappa shape index (κ2) is 30.8. The van der Waals surface area contributed by atoms with Crippen molar-refractivity contribution in [3.63, 3.8) is 0 Å². The van der Waals surface area contributed by atoms with Crippen molar-refractivity contribution in [2.75, 3.05) is 53.4 Å². The lowest BCUT2D eigenvalue weighted by Gasteiger charge is -2.61. The number of hydrogen-bond acceptors (Lipinski definition) is 33. The van der Waals surface area contributed by atoms with E-state index >= 15 is 0 Å². The Bertz CT molecular complexity index is 2480. The van der Waals surface area contributed by atoms with Crippen LogP contribution in [0.15, 0.2) is 0 Å². The van der Waals surface area contributed by atoms with E-state index < -0.39 is 230 Å². The maximum Gasteiger partial charge on any atom is 0.187 e. The molecule has 0 aromatic heterocycles. The summed E-state index contributed by atoms with van der Waals surface area (Å²) in [6.07, 6.45) is -43.9. The lowest BCUT2D eigenvalue weighted by molar-refractivity contribution is -0.409. The summed E-state index contributed by atoms with van der Waals surface area (Å²) in [5, 5.41) is 205. The molecule has 41 atom stereocenters. The Hall–Kier alpha value is -1.32. The molecule has 0 aromatic rings. The fraction of sp³-hybridized carbons (Fsp3) is 1.00. The highest BCUT2D eigenvalue weighted by atomic mass is 16.8. The van der Waals surface area contributed by atoms with Crippen molar-refractivity contribution >= 4 is 0 Å². The maximum absolute atomic E-state index is 12.1. The van der Waals surface area contributed by atoms with Crippen molar-refractivity contribution in [1.29, 1.82) is 0 Å². The van der Waals surface area contributed by atoms with Crippen LogP contribution in [-0.2, 0) is 66.3 Å². The second-order valence-electron chi connectivity index (χ2n) is 29.6. The van der Waals surface area contributed by atoms with E-state index in [2.05, 4.69) is 20.8 Å². The molecule has 4 saturated carbocycles. The highest BCUT2D eigenvalue weighted by molar-refractivity contribution is 5.16. The minimum atomic E-state index is -2.20. The SMILES string of the molecule is COC1(CC[C@@H](C)CO[C@@H]2O[C@H](CO)[C@@H](O)[C@H](O)[C@H]2O)O[C@H]2C[C@H]3[C@@H]4CC[C@H]5C[C@@H](O[C@@H]6O[C@H](CO)[C@H](O[C@@H]7O[C@H](CO)[C@@H](O)[C@H](O[C@@H]8OC[C@@H](O)[C@H](O)[C@H]8O)[C@H]7O[C@@H]7O[C@H](CO)[C@@H](O)[C@H](O[C@@H]8O[C@H](CO)[C@@H](O)[C@H](O)[C@H]8O)[C@H]7O)[C@H](O)[C@H]6O)CC[C@]5(C)[C@H]4CC[C@]3(C)[C@H]2[C@@H]1C. The van der Waals surface area contributed by atoms with Gasteiger partial charge < -0.3 is 163 Å². The lowest BCUT2D eigenvalue weighted by atomic mass is 9.44. The summed E-state index contributed by atoms with van der Waals surface area (Å²) in [6.45, 7) is 4.42. The van der Waals surface area contributed by atoms with Gasteiger partial charge in [0.15, 0.2) is 43.5 Å². The average molecular weight is 1390 g/mol. The summed E-state index contributed by atoms with van der Waals surface area (Å²) in [6, 6.07) is 0. The summed E-state index contributed by atoms with van der Waals surface area (Å²) in [5.41, 5.74) is -0.0539. The fourth-order valence-corrected chi connectivity index (χ4v) is 18.6. The van der Waals surface area contributed by atoms with Gasteiger partial charge in [0, 0.05) is 19.4 Å². The van der Waals surface area contributed by atoms with Gasteiger partial charge in [0.25, 0.3) is 0 Å². The van der Waals surface area contributed by atoms with Crippen LogP contribution in [0.4, 0.5) is 0 Å². The minimum absolute atomic E-state index is 0.00695. The van der Waals surface area contributed by atoms with Gasteiger partial charge in [-0.15, -0.1) is 0 Å². The molecule has 7 aliphatic heterocycles. The number of ether oxygens (including phenoxy) is 14. The normalized spacial score (nSPS) is 54.8. The molecule has 1 unspecified atom stereocenters. The standard InChI is InChI=1S/C63H106O33/c1-23(21-84-55-47(79)43(75)39(71)32(16-64)87-55)8-13-63(83-5)24(2)37-31(96-63)15-29-27-7-6-25-14-26(9-11-61(25,3)28(27)10-12-62(29,37)4)86-57-49(81)45(77)51(36(20-68)91-57)92-60-54(53(42(74)35(19-67)90-60)94-56-46(78)38(70)30(69)22-85-56)95-59-50(82)52(41(73)34(18-66)89-59)93-58-48(80)44(76)40(72)33(17-65)88-58/h23-60,64-82H,6-22H2,1-5H3/t23-,24+,25+,26+,27-,28+,29+,30-,31+,32-,33-,34-,35-,36-,37+,38+,39-,40-,41-,42-,43+,44+,45-,46-,47-,48-,49-,50-,51+,52+,53+,54-,55-,56+,57-,58+,59+,60+,61+,62+,63?/m1/s1. The third kappa shape index (κ3) is 14.0. The average Bonchev–Trinajstić information content (AvgIpc) is 1.50. The summed E-state index contributed by atoms with van der Waals surface area (Å²) < 4.78 is 84.8. The first-order valence-corrected chi connectivity index (χ1v) is 34.2. The number of rotatable bonds is 22. The van der Waals surface area contributed by atoms with Crippen molar-refractivity contribution in [2.45, 2.75) is 288 Å². The predicted octanol–water partition coefficient (Wildman–Crippen LogP) is -7.01. The van der Waals surface area contributed by atoms with Gasteiger partial charge >= 0.3 is 0 Å². The summed E-state index contributed by atoms with van der Waals surface area (Å²) in [4.78, 5) is 0. The highest BCUT2D eigenvalue weighted by Crippen LogP contribution is 2.71. The summed E-state index contributed by atoms with van der Waals surface area (Å²) >= 11 is 0. The van der Waals surface area contributed by atoms with Crippen LogP contribution in [0.25, 0.3) is 0 Å². The van der Waals surface area contributed by atoms with Gasteiger partial charge in [0.05, 0.1) is 58.5 Å². The Morgan fingerprint density at radius 3 is 1.60 bits per heavy atom. The Labute approximate surface area is 555 Å². The largest absolute Gasteiger partial charge is 0.394 e. The van der Waals surface area contributed by atoms with Crippen molar-refractivity contribution in [3.05, 3.63) is 0 Å². The van der Waals surface area contributed by atoms with Crippen LogP contribution in [0, 0.1) is 52.3 Å². The molecule has 7 saturated heterocycles. The van der Waals surface area contributed by atoms with E-state index in [-0.39, 0.29) is 47.2 Å². The molecule has 11 aliphatic rings.